The first-order valence-corrected chi connectivity index (χ1v) is 5.75. The smallest absolute Gasteiger partial charge is 0.258 e. The fraction of sp³-hybridized carbons (Fsp3) is 0.154. The average Bonchev–Trinajstić information content (AvgIpc) is 2.28. The topological polar surface area (TPSA) is 56.0 Å². The number of hydrogen-bond acceptors (Lipinski definition) is 3. The number of benzene rings is 1. The normalized spacial score (nSPS) is 10.4. The van der Waals surface area contributed by atoms with Gasteiger partial charge in [-0.2, -0.15) is 0 Å². The van der Waals surface area contributed by atoms with Gasteiger partial charge < -0.3 is 0 Å². The minimum atomic E-state index is -0.496. The number of nitrogens with zero attached hydrogens (tertiary/aromatic N) is 2. The second kappa shape index (κ2) is 4.74. The van der Waals surface area contributed by atoms with Gasteiger partial charge in [0.05, 0.1) is 4.92 Å². The van der Waals surface area contributed by atoms with Crippen LogP contribution in [0.2, 0.25) is 5.02 Å². The molecule has 0 unspecified atom stereocenters. The maximum atomic E-state index is 11.1. The van der Waals surface area contributed by atoms with Crippen LogP contribution in [0.3, 0.4) is 0 Å². The first-order valence-electron chi connectivity index (χ1n) is 5.37. The molecule has 0 saturated heterocycles. The van der Waals surface area contributed by atoms with E-state index in [1.807, 2.05) is 19.1 Å². The van der Waals surface area contributed by atoms with Crippen molar-refractivity contribution in [3.05, 3.63) is 56.7 Å². The zero-order valence-corrected chi connectivity index (χ0v) is 10.7. The van der Waals surface area contributed by atoms with Crippen LogP contribution in [0.5, 0.6) is 0 Å². The van der Waals surface area contributed by atoms with Crippen molar-refractivity contribution in [1.82, 2.24) is 4.98 Å². The SMILES string of the molecule is Cc1ccc(-c2nc(C)cc(Cl)c2[N+](=O)[O-])cc1. The van der Waals surface area contributed by atoms with Crippen molar-refractivity contribution < 1.29 is 4.92 Å². The van der Waals surface area contributed by atoms with Crippen LogP contribution >= 0.6 is 11.6 Å². The number of aromatic nitrogens is 1. The predicted molar refractivity (Wildman–Crippen MR) is 70.8 cm³/mol. The molecule has 5 heteroatoms. The number of pyridine rings is 1. The Balaban J connectivity index is 2.69. The van der Waals surface area contributed by atoms with Crippen molar-refractivity contribution >= 4 is 17.3 Å². The molecule has 0 aliphatic rings. The van der Waals surface area contributed by atoms with Crippen LogP contribution in [0, 0.1) is 24.0 Å². The predicted octanol–water partition coefficient (Wildman–Crippen LogP) is 3.93. The molecule has 0 spiro atoms. The molecular weight excluding hydrogens is 252 g/mol. The van der Waals surface area contributed by atoms with E-state index in [-0.39, 0.29) is 10.7 Å². The first-order chi connectivity index (χ1) is 8.49. The zero-order chi connectivity index (χ0) is 13.3. The van der Waals surface area contributed by atoms with E-state index in [0.717, 1.165) is 5.56 Å². The highest BCUT2D eigenvalue weighted by atomic mass is 35.5. The summed E-state index contributed by atoms with van der Waals surface area (Å²) in [7, 11) is 0. The summed E-state index contributed by atoms with van der Waals surface area (Å²) in [6, 6.07) is 8.88. The molecule has 1 aromatic carbocycles. The second-order valence-corrected chi connectivity index (χ2v) is 4.47. The van der Waals surface area contributed by atoms with Gasteiger partial charge in [0.2, 0.25) is 0 Å². The lowest BCUT2D eigenvalue weighted by atomic mass is 10.1. The highest BCUT2D eigenvalue weighted by Gasteiger charge is 2.22. The standard InChI is InChI=1S/C13H11ClN2O2/c1-8-3-5-10(6-4-8)12-13(16(17)18)11(14)7-9(2)15-12/h3-7H,1-2H3. The summed E-state index contributed by atoms with van der Waals surface area (Å²) in [6.45, 7) is 3.71. The van der Waals surface area contributed by atoms with E-state index in [2.05, 4.69) is 4.98 Å². The zero-order valence-electron chi connectivity index (χ0n) is 9.98. The number of nitro groups is 1. The van der Waals surface area contributed by atoms with E-state index in [1.165, 1.54) is 6.07 Å². The molecule has 0 aliphatic carbocycles. The molecule has 0 atom stereocenters. The van der Waals surface area contributed by atoms with E-state index in [0.29, 0.717) is 17.0 Å². The Hall–Kier alpha value is -1.94. The van der Waals surface area contributed by atoms with Gasteiger partial charge in [0.25, 0.3) is 0 Å². The molecule has 0 N–H and O–H groups in total. The molecule has 0 amide bonds. The van der Waals surface area contributed by atoms with Gasteiger partial charge in [-0.05, 0) is 19.9 Å². The molecule has 4 nitrogen and oxygen atoms in total. The molecular formula is C13H11ClN2O2. The Morgan fingerprint density at radius 3 is 2.39 bits per heavy atom. The van der Waals surface area contributed by atoms with E-state index < -0.39 is 4.92 Å². The Kier molecular flexibility index (Phi) is 3.30. The van der Waals surface area contributed by atoms with Crippen LogP contribution in [0.25, 0.3) is 11.3 Å². The van der Waals surface area contributed by atoms with Gasteiger partial charge in [-0.15, -0.1) is 0 Å². The number of halogens is 1. The van der Waals surface area contributed by atoms with E-state index >= 15 is 0 Å². The van der Waals surface area contributed by atoms with Crippen LogP contribution in [0.15, 0.2) is 30.3 Å². The Bertz CT molecular complexity index is 609. The number of aryl methyl sites for hydroxylation is 2. The molecule has 1 heterocycles. The molecule has 0 radical (unpaired) electrons. The van der Waals surface area contributed by atoms with Crippen molar-refractivity contribution in [2.24, 2.45) is 0 Å². The lowest BCUT2D eigenvalue weighted by Crippen LogP contribution is -1.97. The maximum absolute atomic E-state index is 11.1. The first kappa shape index (κ1) is 12.5. The second-order valence-electron chi connectivity index (χ2n) is 4.07. The Morgan fingerprint density at radius 1 is 1.22 bits per heavy atom. The van der Waals surface area contributed by atoms with Crippen LogP contribution < -0.4 is 0 Å². The summed E-state index contributed by atoms with van der Waals surface area (Å²) in [6.07, 6.45) is 0. The van der Waals surface area contributed by atoms with Crippen LogP contribution in [0.4, 0.5) is 5.69 Å². The summed E-state index contributed by atoms with van der Waals surface area (Å²) in [5.41, 5.74) is 2.59. The van der Waals surface area contributed by atoms with Gasteiger partial charge in [-0.1, -0.05) is 41.4 Å². The van der Waals surface area contributed by atoms with Crippen molar-refractivity contribution in [1.29, 1.82) is 0 Å². The highest BCUT2D eigenvalue weighted by molar-refractivity contribution is 6.33. The van der Waals surface area contributed by atoms with Gasteiger partial charge in [0.1, 0.15) is 10.7 Å². The monoisotopic (exact) mass is 262 g/mol. The average molecular weight is 263 g/mol. The van der Waals surface area contributed by atoms with Crippen molar-refractivity contribution in [2.45, 2.75) is 13.8 Å². The third-order valence-corrected chi connectivity index (χ3v) is 2.87. The molecule has 2 rings (SSSR count). The summed E-state index contributed by atoms with van der Waals surface area (Å²) in [5.74, 6) is 0. The summed E-state index contributed by atoms with van der Waals surface area (Å²) in [5, 5.41) is 11.2. The molecule has 0 fully saturated rings. The molecule has 2 aromatic rings. The fourth-order valence-corrected chi connectivity index (χ4v) is 2.03. The van der Waals surface area contributed by atoms with Crippen molar-refractivity contribution in [3.8, 4) is 11.3 Å². The van der Waals surface area contributed by atoms with E-state index in [9.17, 15) is 10.1 Å². The lowest BCUT2D eigenvalue weighted by molar-refractivity contribution is -0.384. The van der Waals surface area contributed by atoms with Gasteiger partial charge in [0, 0.05) is 11.3 Å². The minimum Gasteiger partial charge on any atom is -0.258 e. The van der Waals surface area contributed by atoms with Gasteiger partial charge in [0.15, 0.2) is 0 Å². The number of hydrogen-bond donors (Lipinski definition) is 0. The molecule has 0 bridgehead atoms. The van der Waals surface area contributed by atoms with Crippen molar-refractivity contribution in [2.75, 3.05) is 0 Å². The molecule has 92 valence electrons. The Labute approximate surface area is 109 Å². The van der Waals surface area contributed by atoms with Crippen LogP contribution in [-0.2, 0) is 0 Å². The third kappa shape index (κ3) is 2.33. The summed E-state index contributed by atoms with van der Waals surface area (Å²) < 4.78 is 0. The third-order valence-electron chi connectivity index (χ3n) is 2.58. The number of rotatable bonds is 2. The summed E-state index contributed by atoms with van der Waals surface area (Å²) in [4.78, 5) is 14.8. The van der Waals surface area contributed by atoms with Crippen LogP contribution in [-0.4, -0.2) is 9.91 Å². The Morgan fingerprint density at radius 2 is 1.83 bits per heavy atom. The van der Waals surface area contributed by atoms with Gasteiger partial charge in [-0.3, -0.25) is 10.1 Å². The molecule has 18 heavy (non-hydrogen) atoms. The fourth-order valence-electron chi connectivity index (χ4n) is 1.71. The maximum Gasteiger partial charge on any atom is 0.313 e. The molecule has 1 aromatic heterocycles. The molecule has 0 aliphatic heterocycles. The van der Waals surface area contributed by atoms with Crippen LogP contribution in [0.1, 0.15) is 11.3 Å². The quantitative estimate of drug-likeness (QED) is 0.609. The lowest BCUT2D eigenvalue weighted by Gasteiger charge is -2.05. The largest absolute Gasteiger partial charge is 0.313 e. The van der Waals surface area contributed by atoms with Crippen molar-refractivity contribution in [3.63, 3.8) is 0 Å². The molecule has 0 saturated carbocycles. The van der Waals surface area contributed by atoms with Gasteiger partial charge in [-0.25, -0.2) is 4.98 Å². The van der Waals surface area contributed by atoms with E-state index in [1.54, 1.807) is 19.1 Å². The summed E-state index contributed by atoms with van der Waals surface area (Å²) >= 11 is 5.93. The highest BCUT2D eigenvalue weighted by Crippen LogP contribution is 2.34. The minimum absolute atomic E-state index is 0.114. The van der Waals surface area contributed by atoms with E-state index in [4.69, 9.17) is 11.6 Å². The van der Waals surface area contributed by atoms with Gasteiger partial charge >= 0.3 is 5.69 Å².